The number of hydrogen-bond acceptors (Lipinski definition) is 6. The molecular weight excluding hydrogens is 226 g/mol. The molecule has 1 aromatic heterocycles. The van der Waals surface area contributed by atoms with Gasteiger partial charge in [-0.3, -0.25) is 19.4 Å². The summed E-state index contributed by atoms with van der Waals surface area (Å²) in [6, 6.07) is 0. The van der Waals surface area contributed by atoms with E-state index in [1.165, 1.54) is 0 Å². The first-order valence-electron chi connectivity index (χ1n) is 5.07. The third-order valence-electron chi connectivity index (χ3n) is 2.53. The number of amides is 1. The number of nitrogens with zero attached hydrogens (tertiary/aromatic N) is 2. The van der Waals surface area contributed by atoms with Crippen molar-refractivity contribution in [3.63, 3.8) is 0 Å². The molecule has 0 bridgehead atoms. The highest BCUT2D eigenvalue weighted by atomic mass is 16.2. The minimum atomic E-state index is -0.484. The Morgan fingerprint density at radius 2 is 2.12 bits per heavy atom. The largest absolute Gasteiger partial charge is 0.368 e. The number of H-pyrrole nitrogens is 1. The van der Waals surface area contributed by atoms with E-state index in [1.54, 1.807) is 0 Å². The number of carbonyl (C=O) groups is 2. The van der Waals surface area contributed by atoms with Crippen molar-refractivity contribution < 1.29 is 9.59 Å². The first-order valence-corrected chi connectivity index (χ1v) is 5.07. The minimum Gasteiger partial charge on any atom is -0.368 e. The van der Waals surface area contributed by atoms with Crippen LogP contribution in [0.1, 0.15) is 18.5 Å². The topological polar surface area (TPSA) is 131 Å². The molecule has 0 saturated heterocycles. The predicted molar refractivity (Wildman–Crippen MR) is 56.6 cm³/mol. The second-order valence-corrected chi connectivity index (χ2v) is 3.85. The fraction of sp³-hybridized carbons (Fsp3) is 0.444. The van der Waals surface area contributed by atoms with Crippen LogP contribution in [-0.4, -0.2) is 26.9 Å². The quantitative estimate of drug-likeness (QED) is 0.576. The third kappa shape index (κ3) is 2.47. The van der Waals surface area contributed by atoms with Crippen molar-refractivity contribution in [3.8, 4) is 0 Å². The summed E-state index contributed by atoms with van der Waals surface area (Å²) < 4.78 is 0. The maximum absolute atomic E-state index is 11.5. The molecule has 0 aromatic carbocycles. The van der Waals surface area contributed by atoms with Gasteiger partial charge in [0, 0.05) is 12.8 Å². The average Bonchev–Trinajstić information content (AvgIpc) is 2.23. The van der Waals surface area contributed by atoms with E-state index >= 15 is 0 Å². The minimum absolute atomic E-state index is 0.0217. The number of nitrogens with two attached hydrogens (primary N) is 1. The third-order valence-corrected chi connectivity index (χ3v) is 2.53. The molecule has 2 rings (SSSR count). The molecule has 8 nitrogen and oxygen atoms in total. The molecule has 8 heteroatoms. The summed E-state index contributed by atoms with van der Waals surface area (Å²) >= 11 is 0. The van der Waals surface area contributed by atoms with Crippen LogP contribution in [0.5, 0.6) is 0 Å². The summed E-state index contributed by atoms with van der Waals surface area (Å²) in [6.45, 7) is -0.0217. The van der Waals surface area contributed by atoms with Crippen LogP contribution in [-0.2, 0) is 16.1 Å². The molecule has 0 spiro atoms. The molecule has 1 heterocycles. The van der Waals surface area contributed by atoms with E-state index in [4.69, 9.17) is 5.73 Å². The molecule has 1 fully saturated rings. The molecule has 0 unspecified atom stereocenters. The van der Waals surface area contributed by atoms with Gasteiger partial charge in [0.05, 0.1) is 12.5 Å². The van der Waals surface area contributed by atoms with Crippen LogP contribution < -0.4 is 16.6 Å². The standard InChI is InChI=1S/C9H11N5O3/c10-9-12-8(17)6(13-14-9)3-11-7(16)4-1-5(15)2-4/h4H,1-3H2,(H,11,16)(H3,10,12,14,17). The van der Waals surface area contributed by atoms with Crippen LogP contribution in [0.4, 0.5) is 5.95 Å². The number of rotatable bonds is 3. The summed E-state index contributed by atoms with van der Waals surface area (Å²) in [5.74, 6) is -0.518. The van der Waals surface area contributed by atoms with E-state index in [2.05, 4.69) is 20.5 Å². The molecule has 1 saturated carbocycles. The van der Waals surface area contributed by atoms with E-state index in [0.29, 0.717) is 0 Å². The first kappa shape index (κ1) is 11.2. The summed E-state index contributed by atoms with van der Waals surface area (Å²) in [7, 11) is 0. The Labute approximate surface area is 95.6 Å². The number of ketones is 1. The molecule has 0 atom stereocenters. The van der Waals surface area contributed by atoms with E-state index in [-0.39, 0.29) is 48.6 Å². The van der Waals surface area contributed by atoms with Crippen molar-refractivity contribution in [2.75, 3.05) is 5.73 Å². The lowest BCUT2D eigenvalue weighted by Gasteiger charge is -2.22. The molecule has 17 heavy (non-hydrogen) atoms. The van der Waals surface area contributed by atoms with E-state index < -0.39 is 5.56 Å². The van der Waals surface area contributed by atoms with Crippen LogP contribution in [0.25, 0.3) is 0 Å². The van der Waals surface area contributed by atoms with Gasteiger partial charge in [-0.2, -0.15) is 0 Å². The Morgan fingerprint density at radius 1 is 1.41 bits per heavy atom. The Balaban J connectivity index is 1.91. The van der Waals surface area contributed by atoms with E-state index in [0.717, 1.165) is 0 Å². The van der Waals surface area contributed by atoms with Crippen LogP contribution in [0.15, 0.2) is 4.79 Å². The number of hydrogen-bond donors (Lipinski definition) is 3. The monoisotopic (exact) mass is 237 g/mol. The van der Waals surface area contributed by atoms with Gasteiger partial charge < -0.3 is 11.1 Å². The number of nitrogens with one attached hydrogen (secondary N) is 2. The van der Waals surface area contributed by atoms with Crippen molar-refractivity contribution in [3.05, 3.63) is 16.0 Å². The molecule has 1 amide bonds. The van der Waals surface area contributed by atoms with Gasteiger partial charge >= 0.3 is 0 Å². The highest BCUT2D eigenvalue weighted by Crippen LogP contribution is 2.22. The zero-order chi connectivity index (χ0) is 12.4. The van der Waals surface area contributed by atoms with Crippen molar-refractivity contribution in [1.29, 1.82) is 0 Å². The zero-order valence-electron chi connectivity index (χ0n) is 8.90. The molecular formula is C9H11N5O3. The fourth-order valence-corrected chi connectivity index (χ4v) is 1.48. The smallest absolute Gasteiger partial charge is 0.276 e. The van der Waals surface area contributed by atoms with Gasteiger partial charge in [-0.1, -0.05) is 0 Å². The van der Waals surface area contributed by atoms with Gasteiger partial charge in [0.1, 0.15) is 11.5 Å². The van der Waals surface area contributed by atoms with E-state index in [1.807, 2.05) is 0 Å². The molecule has 1 aliphatic carbocycles. The van der Waals surface area contributed by atoms with Gasteiger partial charge in [-0.25, -0.2) is 0 Å². The summed E-state index contributed by atoms with van der Waals surface area (Å²) in [5.41, 5.74) is 4.82. The van der Waals surface area contributed by atoms with Gasteiger partial charge in [0.25, 0.3) is 5.56 Å². The van der Waals surface area contributed by atoms with Crippen LogP contribution >= 0.6 is 0 Å². The maximum atomic E-state index is 11.5. The van der Waals surface area contributed by atoms with Crippen molar-refractivity contribution in [2.45, 2.75) is 19.4 Å². The molecule has 0 aliphatic heterocycles. The summed E-state index contributed by atoms with van der Waals surface area (Å²) in [6.07, 6.45) is 0.547. The Hall–Kier alpha value is -2.25. The highest BCUT2D eigenvalue weighted by molar-refractivity contribution is 5.96. The SMILES string of the molecule is Nc1nnc(CNC(=O)C2CC(=O)C2)c(=O)[nH]1. The highest BCUT2D eigenvalue weighted by Gasteiger charge is 2.32. The number of anilines is 1. The van der Waals surface area contributed by atoms with Crippen LogP contribution in [0, 0.1) is 5.92 Å². The Morgan fingerprint density at radius 3 is 2.71 bits per heavy atom. The van der Waals surface area contributed by atoms with Gasteiger partial charge in [0.2, 0.25) is 11.9 Å². The predicted octanol–water partition coefficient (Wildman–Crippen LogP) is -1.66. The van der Waals surface area contributed by atoms with Crippen molar-refractivity contribution in [2.24, 2.45) is 5.92 Å². The Bertz CT molecular complexity index is 516. The molecule has 1 aliphatic rings. The summed E-state index contributed by atoms with van der Waals surface area (Å²) in [4.78, 5) is 35.8. The fourth-order valence-electron chi connectivity index (χ4n) is 1.48. The van der Waals surface area contributed by atoms with Crippen LogP contribution in [0.2, 0.25) is 0 Å². The normalized spacial score (nSPS) is 15.4. The van der Waals surface area contributed by atoms with Gasteiger partial charge in [0.15, 0.2) is 0 Å². The van der Waals surface area contributed by atoms with Crippen molar-refractivity contribution in [1.82, 2.24) is 20.5 Å². The zero-order valence-corrected chi connectivity index (χ0v) is 8.90. The first-order chi connectivity index (χ1) is 8.06. The number of nitrogen functional groups attached to an aromatic ring is 1. The molecule has 90 valence electrons. The molecule has 1 aromatic rings. The number of Topliss-reactive ketones (excluding diaryl/α,β-unsaturated/α-hetero) is 1. The van der Waals surface area contributed by atoms with Gasteiger partial charge in [-0.15, -0.1) is 10.2 Å². The lowest BCUT2D eigenvalue weighted by Crippen LogP contribution is -2.39. The second kappa shape index (κ2) is 4.32. The average molecular weight is 237 g/mol. The summed E-state index contributed by atoms with van der Waals surface area (Å²) in [5, 5.41) is 9.57. The van der Waals surface area contributed by atoms with Crippen LogP contribution in [0.3, 0.4) is 0 Å². The lowest BCUT2D eigenvalue weighted by atomic mass is 9.83. The number of aromatic amines is 1. The maximum Gasteiger partial charge on any atom is 0.276 e. The number of carbonyl (C=O) groups excluding carboxylic acids is 2. The van der Waals surface area contributed by atoms with Crippen molar-refractivity contribution >= 4 is 17.6 Å². The Kier molecular flexibility index (Phi) is 2.86. The second-order valence-electron chi connectivity index (χ2n) is 3.85. The molecule has 0 radical (unpaired) electrons. The number of aromatic nitrogens is 3. The molecule has 4 N–H and O–H groups in total. The lowest BCUT2D eigenvalue weighted by molar-refractivity contribution is -0.138. The van der Waals surface area contributed by atoms with E-state index in [9.17, 15) is 14.4 Å². The van der Waals surface area contributed by atoms with Gasteiger partial charge in [-0.05, 0) is 0 Å².